The molecule has 1 aromatic heterocycles. The van der Waals surface area contributed by atoms with Crippen molar-refractivity contribution in [3.05, 3.63) is 41.0 Å². The molecule has 0 radical (unpaired) electrons. The summed E-state index contributed by atoms with van der Waals surface area (Å²) in [5, 5.41) is 14.7. The van der Waals surface area contributed by atoms with Crippen molar-refractivity contribution in [2.24, 2.45) is 12.0 Å². The maximum absolute atomic E-state index is 5.42. The number of methoxy groups -OCH3 is 1. The lowest BCUT2D eigenvalue weighted by atomic mass is 10.1. The number of rotatable bonds is 5. The van der Waals surface area contributed by atoms with E-state index in [1.807, 2.05) is 31.5 Å². The van der Waals surface area contributed by atoms with Crippen molar-refractivity contribution >= 4 is 29.9 Å². The van der Waals surface area contributed by atoms with E-state index in [-0.39, 0.29) is 24.0 Å². The maximum atomic E-state index is 5.42. The summed E-state index contributed by atoms with van der Waals surface area (Å²) < 4.78 is 7.37. The van der Waals surface area contributed by atoms with Crippen LogP contribution in [0.5, 0.6) is 5.75 Å². The Morgan fingerprint density at radius 1 is 1.21 bits per heavy atom. The quantitative estimate of drug-likeness (QED) is 0.419. The maximum Gasteiger partial charge on any atom is 0.191 e. The summed E-state index contributed by atoms with van der Waals surface area (Å²) in [6.45, 7) is 5.15. The SMILES string of the molecule is CN=C(NCc1ccc(C)cc1OC)NCc1nnc(C)n1C.I. The van der Waals surface area contributed by atoms with E-state index >= 15 is 0 Å². The predicted molar refractivity (Wildman–Crippen MR) is 106 cm³/mol. The van der Waals surface area contributed by atoms with Crippen LogP contribution in [0.25, 0.3) is 0 Å². The smallest absolute Gasteiger partial charge is 0.191 e. The first-order valence-electron chi connectivity index (χ1n) is 7.48. The zero-order valence-corrected chi connectivity index (χ0v) is 17.1. The average Bonchev–Trinajstić information content (AvgIpc) is 2.87. The van der Waals surface area contributed by atoms with Gasteiger partial charge in [-0.25, -0.2) is 0 Å². The van der Waals surface area contributed by atoms with E-state index in [0.29, 0.717) is 19.0 Å². The summed E-state index contributed by atoms with van der Waals surface area (Å²) >= 11 is 0. The van der Waals surface area contributed by atoms with Gasteiger partial charge in [0, 0.05) is 26.2 Å². The van der Waals surface area contributed by atoms with E-state index in [1.54, 1.807) is 14.2 Å². The fraction of sp³-hybridized carbons (Fsp3) is 0.438. The molecule has 1 aromatic carbocycles. The monoisotopic (exact) mass is 444 g/mol. The number of aryl methyl sites for hydroxylation is 2. The molecule has 132 valence electrons. The van der Waals surface area contributed by atoms with Crippen molar-refractivity contribution in [3.63, 3.8) is 0 Å². The molecule has 0 saturated heterocycles. The van der Waals surface area contributed by atoms with Gasteiger partial charge in [0.05, 0.1) is 13.7 Å². The number of hydrogen-bond acceptors (Lipinski definition) is 4. The van der Waals surface area contributed by atoms with Gasteiger partial charge in [-0.05, 0) is 25.5 Å². The molecule has 2 aromatic rings. The number of nitrogens with one attached hydrogen (secondary N) is 2. The van der Waals surface area contributed by atoms with Gasteiger partial charge in [0.15, 0.2) is 11.8 Å². The molecule has 24 heavy (non-hydrogen) atoms. The topological polar surface area (TPSA) is 76.4 Å². The zero-order valence-electron chi connectivity index (χ0n) is 14.8. The molecule has 0 aliphatic heterocycles. The summed E-state index contributed by atoms with van der Waals surface area (Å²) in [7, 11) is 5.37. The first kappa shape index (κ1) is 20.2. The lowest BCUT2D eigenvalue weighted by Gasteiger charge is -2.14. The Kier molecular flexibility index (Phi) is 7.96. The number of aromatic nitrogens is 3. The highest BCUT2D eigenvalue weighted by Crippen LogP contribution is 2.19. The first-order valence-corrected chi connectivity index (χ1v) is 7.48. The Morgan fingerprint density at radius 3 is 2.50 bits per heavy atom. The number of ether oxygens (including phenoxy) is 1. The van der Waals surface area contributed by atoms with E-state index in [9.17, 15) is 0 Å². The normalized spacial score (nSPS) is 11.0. The number of halogens is 1. The molecular formula is C16H25IN6O. The second-order valence-electron chi connectivity index (χ2n) is 5.32. The third-order valence-electron chi connectivity index (χ3n) is 3.71. The molecule has 7 nitrogen and oxygen atoms in total. The van der Waals surface area contributed by atoms with Gasteiger partial charge in [-0.15, -0.1) is 34.2 Å². The minimum atomic E-state index is 0. The second kappa shape index (κ2) is 9.45. The van der Waals surface area contributed by atoms with Crippen LogP contribution in [0.2, 0.25) is 0 Å². The molecule has 0 unspecified atom stereocenters. The van der Waals surface area contributed by atoms with Crippen molar-refractivity contribution in [2.45, 2.75) is 26.9 Å². The predicted octanol–water partition coefficient (Wildman–Crippen LogP) is 1.92. The molecule has 0 saturated carbocycles. The Bertz CT molecular complexity index is 698. The van der Waals surface area contributed by atoms with Crippen LogP contribution in [-0.2, 0) is 20.1 Å². The molecule has 0 amide bonds. The van der Waals surface area contributed by atoms with Crippen LogP contribution >= 0.6 is 24.0 Å². The standard InChI is InChI=1S/C16H24N6O.HI/c1-11-6-7-13(14(8-11)23-5)9-18-16(17-3)19-10-15-21-20-12(2)22(15)4;/h6-8H,9-10H2,1-5H3,(H2,17,18,19);1H. The molecule has 0 bridgehead atoms. The van der Waals surface area contributed by atoms with Gasteiger partial charge in [0.1, 0.15) is 11.6 Å². The highest BCUT2D eigenvalue weighted by atomic mass is 127. The van der Waals surface area contributed by atoms with Gasteiger partial charge in [-0.1, -0.05) is 12.1 Å². The molecule has 8 heteroatoms. The summed E-state index contributed by atoms with van der Waals surface area (Å²) in [5.41, 5.74) is 2.25. The minimum absolute atomic E-state index is 0. The van der Waals surface area contributed by atoms with E-state index in [4.69, 9.17) is 4.74 Å². The third-order valence-corrected chi connectivity index (χ3v) is 3.71. The Hall–Kier alpha value is -1.84. The Balaban J connectivity index is 0.00000288. The summed E-state index contributed by atoms with van der Waals surface area (Å²) in [6, 6.07) is 6.15. The lowest BCUT2D eigenvalue weighted by molar-refractivity contribution is 0.408. The van der Waals surface area contributed by atoms with Gasteiger partial charge < -0.3 is 19.9 Å². The van der Waals surface area contributed by atoms with Crippen LogP contribution in [-0.4, -0.2) is 34.9 Å². The van der Waals surface area contributed by atoms with Crippen LogP contribution in [0.15, 0.2) is 23.2 Å². The van der Waals surface area contributed by atoms with Crippen LogP contribution in [0, 0.1) is 13.8 Å². The number of nitrogens with zero attached hydrogens (tertiary/aromatic N) is 4. The van der Waals surface area contributed by atoms with Crippen molar-refractivity contribution in [1.82, 2.24) is 25.4 Å². The molecular weight excluding hydrogens is 419 g/mol. The van der Waals surface area contributed by atoms with Crippen molar-refractivity contribution < 1.29 is 4.74 Å². The molecule has 0 atom stereocenters. The third kappa shape index (κ3) is 5.08. The fourth-order valence-electron chi connectivity index (χ4n) is 2.17. The number of guanidine groups is 1. The molecule has 0 aliphatic rings. The molecule has 2 rings (SSSR count). The zero-order chi connectivity index (χ0) is 16.8. The number of benzene rings is 1. The fourth-order valence-corrected chi connectivity index (χ4v) is 2.17. The number of hydrogen-bond donors (Lipinski definition) is 2. The largest absolute Gasteiger partial charge is 0.496 e. The van der Waals surface area contributed by atoms with E-state index in [1.165, 1.54) is 5.56 Å². The first-order chi connectivity index (χ1) is 11.0. The number of aliphatic imine (C=N–C) groups is 1. The average molecular weight is 444 g/mol. The molecule has 0 spiro atoms. The van der Waals surface area contributed by atoms with Crippen molar-refractivity contribution in [1.29, 1.82) is 0 Å². The molecule has 2 N–H and O–H groups in total. The van der Waals surface area contributed by atoms with Gasteiger partial charge >= 0.3 is 0 Å². The van der Waals surface area contributed by atoms with Crippen LogP contribution in [0.3, 0.4) is 0 Å². The van der Waals surface area contributed by atoms with Crippen LogP contribution < -0.4 is 15.4 Å². The molecule has 0 fully saturated rings. The Labute approximate surface area is 159 Å². The summed E-state index contributed by atoms with van der Waals surface area (Å²) in [6.07, 6.45) is 0. The summed E-state index contributed by atoms with van der Waals surface area (Å²) in [5.74, 6) is 3.32. The molecule has 1 heterocycles. The van der Waals surface area contributed by atoms with Gasteiger partial charge in [-0.3, -0.25) is 4.99 Å². The highest BCUT2D eigenvalue weighted by Gasteiger charge is 2.07. The molecule has 0 aliphatic carbocycles. The van der Waals surface area contributed by atoms with Crippen molar-refractivity contribution in [2.75, 3.05) is 14.2 Å². The highest BCUT2D eigenvalue weighted by molar-refractivity contribution is 14.0. The Morgan fingerprint density at radius 2 is 1.92 bits per heavy atom. The van der Waals surface area contributed by atoms with Crippen LogP contribution in [0.1, 0.15) is 22.8 Å². The lowest BCUT2D eigenvalue weighted by Crippen LogP contribution is -2.37. The summed E-state index contributed by atoms with van der Waals surface area (Å²) in [4.78, 5) is 4.22. The van der Waals surface area contributed by atoms with E-state index < -0.39 is 0 Å². The second-order valence-corrected chi connectivity index (χ2v) is 5.32. The van der Waals surface area contributed by atoms with Gasteiger partial charge in [0.2, 0.25) is 0 Å². The van der Waals surface area contributed by atoms with E-state index in [0.717, 1.165) is 23.0 Å². The van der Waals surface area contributed by atoms with E-state index in [2.05, 4.69) is 38.0 Å². The van der Waals surface area contributed by atoms with Gasteiger partial charge in [0.25, 0.3) is 0 Å². The van der Waals surface area contributed by atoms with Crippen LogP contribution in [0.4, 0.5) is 0 Å². The minimum Gasteiger partial charge on any atom is -0.496 e. The van der Waals surface area contributed by atoms with Crippen molar-refractivity contribution in [3.8, 4) is 5.75 Å². The van der Waals surface area contributed by atoms with Gasteiger partial charge in [-0.2, -0.15) is 0 Å².